The Morgan fingerprint density at radius 2 is 1.68 bits per heavy atom. The van der Waals surface area contributed by atoms with Crippen molar-refractivity contribution in [2.45, 2.75) is 0 Å². The SMILES string of the molecule is COC(=O)COc1c(I)cc(/C=C2\N=C(c3ccc(-c4ccccc4)cc3)OC2=O)cc1OC. The highest BCUT2D eigenvalue weighted by atomic mass is 127. The van der Waals surface area contributed by atoms with E-state index in [1.807, 2.05) is 54.6 Å². The molecule has 1 heterocycles. The fourth-order valence-electron chi connectivity index (χ4n) is 3.28. The van der Waals surface area contributed by atoms with Crippen LogP contribution in [0.15, 0.2) is 77.4 Å². The van der Waals surface area contributed by atoms with Crippen LogP contribution in [0.3, 0.4) is 0 Å². The Morgan fingerprint density at radius 1 is 1.00 bits per heavy atom. The molecular weight excluding hydrogens is 549 g/mol. The summed E-state index contributed by atoms with van der Waals surface area (Å²) < 4.78 is 21.6. The van der Waals surface area contributed by atoms with Gasteiger partial charge in [-0.2, -0.15) is 0 Å². The van der Waals surface area contributed by atoms with Crippen molar-refractivity contribution in [2.24, 2.45) is 4.99 Å². The minimum absolute atomic E-state index is 0.170. The van der Waals surface area contributed by atoms with Crippen LogP contribution in [0.1, 0.15) is 11.1 Å². The van der Waals surface area contributed by atoms with E-state index in [2.05, 4.69) is 32.3 Å². The molecule has 0 N–H and O–H groups in total. The number of carbonyl (C=O) groups is 2. The van der Waals surface area contributed by atoms with Gasteiger partial charge in [0.2, 0.25) is 5.90 Å². The highest BCUT2D eigenvalue weighted by molar-refractivity contribution is 14.1. The lowest BCUT2D eigenvalue weighted by Gasteiger charge is -2.12. The molecule has 0 spiro atoms. The van der Waals surface area contributed by atoms with Gasteiger partial charge in [0.25, 0.3) is 0 Å². The highest BCUT2D eigenvalue weighted by Gasteiger charge is 2.24. The van der Waals surface area contributed by atoms with Gasteiger partial charge in [0.15, 0.2) is 23.8 Å². The minimum Gasteiger partial charge on any atom is -0.493 e. The van der Waals surface area contributed by atoms with Crippen LogP contribution >= 0.6 is 22.6 Å². The van der Waals surface area contributed by atoms with Crippen LogP contribution in [0.5, 0.6) is 11.5 Å². The van der Waals surface area contributed by atoms with Gasteiger partial charge in [0, 0.05) is 5.56 Å². The smallest absolute Gasteiger partial charge is 0.363 e. The van der Waals surface area contributed by atoms with Crippen molar-refractivity contribution >= 4 is 46.5 Å². The van der Waals surface area contributed by atoms with Crippen LogP contribution in [-0.4, -0.2) is 38.7 Å². The molecule has 3 aromatic carbocycles. The number of ether oxygens (including phenoxy) is 4. The lowest BCUT2D eigenvalue weighted by Crippen LogP contribution is -2.13. The van der Waals surface area contributed by atoms with Crippen molar-refractivity contribution in [1.82, 2.24) is 0 Å². The first-order valence-corrected chi connectivity index (χ1v) is 11.3. The summed E-state index contributed by atoms with van der Waals surface area (Å²) in [7, 11) is 2.78. The molecule has 4 rings (SSSR count). The monoisotopic (exact) mass is 569 g/mol. The van der Waals surface area contributed by atoms with Crippen molar-refractivity contribution in [3.63, 3.8) is 0 Å². The first kappa shape index (κ1) is 23.5. The van der Waals surface area contributed by atoms with Crippen molar-refractivity contribution in [3.8, 4) is 22.6 Å². The first-order chi connectivity index (χ1) is 16.5. The molecule has 0 unspecified atom stereocenters. The number of aliphatic imine (C=N–C) groups is 1. The molecule has 0 aliphatic carbocycles. The van der Waals surface area contributed by atoms with E-state index in [9.17, 15) is 9.59 Å². The third-order valence-corrected chi connectivity index (χ3v) is 5.78. The fraction of sp³-hybridized carbons (Fsp3) is 0.115. The molecule has 0 bridgehead atoms. The number of halogens is 1. The second-order valence-electron chi connectivity index (χ2n) is 7.18. The third-order valence-electron chi connectivity index (χ3n) is 4.98. The molecule has 172 valence electrons. The van der Waals surface area contributed by atoms with E-state index in [1.54, 1.807) is 18.2 Å². The largest absolute Gasteiger partial charge is 0.493 e. The Kier molecular flexibility index (Phi) is 7.27. The van der Waals surface area contributed by atoms with Gasteiger partial charge in [0.05, 0.1) is 17.8 Å². The Labute approximate surface area is 210 Å². The summed E-state index contributed by atoms with van der Waals surface area (Å²) in [5.74, 6) is 0.0242. The maximum Gasteiger partial charge on any atom is 0.363 e. The van der Waals surface area contributed by atoms with Crippen LogP contribution in [0.25, 0.3) is 17.2 Å². The van der Waals surface area contributed by atoms with Gasteiger partial charge in [-0.05, 0) is 69.6 Å². The molecule has 0 fully saturated rings. The van der Waals surface area contributed by atoms with E-state index >= 15 is 0 Å². The summed E-state index contributed by atoms with van der Waals surface area (Å²) in [5, 5.41) is 0. The molecule has 1 aliphatic rings. The van der Waals surface area contributed by atoms with E-state index in [1.165, 1.54) is 14.2 Å². The molecular formula is C26H20INO6. The molecule has 0 atom stereocenters. The van der Waals surface area contributed by atoms with Crippen LogP contribution in [0, 0.1) is 3.57 Å². The van der Waals surface area contributed by atoms with Gasteiger partial charge < -0.3 is 18.9 Å². The van der Waals surface area contributed by atoms with E-state index in [-0.39, 0.29) is 18.2 Å². The van der Waals surface area contributed by atoms with E-state index < -0.39 is 11.9 Å². The van der Waals surface area contributed by atoms with Gasteiger partial charge in [-0.15, -0.1) is 0 Å². The number of hydrogen-bond donors (Lipinski definition) is 0. The van der Waals surface area contributed by atoms with Gasteiger partial charge in [-0.25, -0.2) is 14.6 Å². The maximum atomic E-state index is 12.5. The number of hydrogen-bond acceptors (Lipinski definition) is 7. The van der Waals surface area contributed by atoms with Gasteiger partial charge in [-0.3, -0.25) is 0 Å². The minimum atomic E-state index is -0.540. The lowest BCUT2D eigenvalue weighted by molar-refractivity contribution is -0.143. The van der Waals surface area contributed by atoms with Gasteiger partial charge in [-0.1, -0.05) is 42.5 Å². The van der Waals surface area contributed by atoms with Gasteiger partial charge in [0.1, 0.15) is 0 Å². The number of methoxy groups -OCH3 is 2. The first-order valence-electron chi connectivity index (χ1n) is 10.2. The standard InChI is InChI=1S/C26H20INO6/c1-31-22-14-16(12-20(27)24(22)33-15-23(29)32-2)13-21-26(30)34-25(28-21)19-10-8-18(9-11-19)17-6-4-3-5-7-17/h3-14H,15H2,1-2H3/b21-13-. The van der Waals surface area contributed by atoms with Gasteiger partial charge >= 0.3 is 11.9 Å². The summed E-state index contributed by atoms with van der Waals surface area (Å²) >= 11 is 2.07. The van der Waals surface area contributed by atoms with Crippen molar-refractivity contribution in [1.29, 1.82) is 0 Å². The van der Waals surface area contributed by atoms with Crippen LogP contribution < -0.4 is 9.47 Å². The zero-order chi connectivity index (χ0) is 24.1. The van der Waals surface area contributed by atoms with Crippen molar-refractivity contribution in [3.05, 3.63) is 87.1 Å². The number of esters is 2. The summed E-state index contributed by atoms with van der Waals surface area (Å²) in [5.41, 5.74) is 3.70. The van der Waals surface area contributed by atoms with E-state index in [4.69, 9.17) is 14.2 Å². The Hall–Kier alpha value is -3.66. The zero-order valence-corrected chi connectivity index (χ0v) is 20.6. The van der Waals surface area contributed by atoms with Crippen LogP contribution in [0.2, 0.25) is 0 Å². The Bertz CT molecular complexity index is 1280. The van der Waals surface area contributed by atoms with Crippen molar-refractivity contribution < 1.29 is 28.5 Å². The number of carbonyl (C=O) groups excluding carboxylic acids is 2. The average Bonchev–Trinajstić information content (AvgIpc) is 3.23. The van der Waals surface area contributed by atoms with Crippen molar-refractivity contribution in [2.75, 3.05) is 20.8 Å². The topological polar surface area (TPSA) is 83.4 Å². The molecule has 0 aromatic heterocycles. The van der Waals surface area contributed by atoms with Crippen LogP contribution in [-0.2, 0) is 19.1 Å². The Morgan fingerprint density at radius 3 is 2.35 bits per heavy atom. The summed E-state index contributed by atoms with van der Waals surface area (Å²) in [4.78, 5) is 28.2. The molecule has 7 nitrogen and oxygen atoms in total. The average molecular weight is 569 g/mol. The number of benzene rings is 3. The predicted molar refractivity (Wildman–Crippen MR) is 136 cm³/mol. The summed E-state index contributed by atoms with van der Waals surface area (Å²) in [6, 6.07) is 21.1. The fourth-order valence-corrected chi connectivity index (χ4v) is 4.06. The summed E-state index contributed by atoms with van der Waals surface area (Å²) in [6.07, 6.45) is 1.61. The molecule has 0 amide bonds. The third kappa shape index (κ3) is 5.28. The predicted octanol–water partition coefficient (Wildman–Crippen LogP) is 4.86. The molecule has 3 aromatic rings. The lowest BCUT2D eigenvalue weighted by atomic mass is 10.0. The number of cyclic esters (lactones) is 1. The molecule has 0 radical (unpaired) electrons. The molecule has 1 aliphatic heterocycles. The normalized spacial score (nSPS) is 13.9. The zero-order valence-electron chi connectivity index (χ0n) is 18.4. The summed E-state index contributed by atoms with van der Waals surface area (Å²) in [6.45, 7) is -0.244. The van der Waals surface area contributed by atoms with Crippen LogP contribution in [0.4, 0.5) is 0 Å². The number of rotatable bonds is 7. The Balaban J connectivity index is 1.57. The molecule has 0 saturated carbocycles. The molecule has 0 saturated heterocycles. The molecule has 8 heteroatoms. The number of nitrogens with zero attached hydrogens (tertiary/aromatic N) is 1. The van der Waals surface area contributed by atoms with E-state index in [0.29, 0.717) is 26.2 Å². The van der Waals surface area contributed by atoms with E-state index in [0.717, 1.165) is 11.1 Å². The quantitative estimate of drug-likeness (QED) is 0.230. The second kappa shape index (κ2) is 10.5. The maximum absolute atomic E-state index is 12.5. The highest BCUT2D eigenvalue weighted by Crippen LogP contribution is 2.35. The second-order valence-corrected chi connectivity index (χ2v) is 8.34. The molecule has 34 heavy (non-hydrogen) atoms.